The quantitative estimate of drug-likeness (QED) is 0.763. The van der Waals surface area contributed by atoms with Gasteiger partial charge in [-0.2, -0.15) is 0 Å². The first-order valence-corrected chi connectivity index (χ1v) is 10.1. The largest absolute Gasteiger partial charge is 0.469 e. The molecule has 1 aliphatic heterocycles. The summed E-state index contributed by atoms with van der Waals surface area (Å²) in [6.07, 6.45) is 3.67. The van der Waals surface area contributed by atoms with Crippen molar-refractivity contribution in [2.75, 3.05) is 5.75 Å². The molecule has 0 unspecified atom stereocenters. The number of furan rings is 1. The summed E-state index contributed by atoms with van der Waals surface area (Å²) in [6, 6.07) is 9.36. The van der Waals surface area contributed by atoms with Crippen LogP contribution in [0.2, 0.25) is 0 Å². The molecule has 5 nitrogen and oxygen atoms in total. The van der Waals surface area contributed by atoms with Gasteiger partial charge in [-0.25, -0.2) is 4.39 Å². The molecule has 27 heavy (non-hydrogen) atoms. The average Bonchev–Trinajstić information content (AvgIpc) is 3.17. The maximum atomic E-state index is 13.0. The number of hydrogen-bond donors (Lipinski definition) is 2. The fourth-order valence-electron chi connectivity index (χ4n) is 2.95. The van der Waals surface area contributed by atoms with Crippen molar-refractivity contribution in [2.45, 2.75) is 43.5 Å². The molecular weight excluding hydrogens is 367 g/mol. The summed E-state index contributed by atoms with van der Waals surface area (Å²) in [5.41, 5.74) is 0.901. The number of amides is 2. The summed E-state index contributed by atoms with van der Waals surface area (Å²) in [5, 5.41) is 5.49. The summed E-state index contributed by atoms with van der Waals surface area (Å²) in [7, 11) is 0. The standard InChI is InChI=1S/C20H23FN2O3S/c1-13(4-9-16-3-2-10-26-16)22-19(24)17-12-27-18(20(25)23-17)11-14-5-7-15(21)8-6-14/h2-3,5-8,10,13,17-18H,4,9,11-12H2,1H3,(H,22,24)(H,23,25)/t13-,17-,18-/m1/s1. The summed E-state index contributed by atoms with van der Waals surface area (Å²) in [6.45, 7) is 1.94. The second-order valence-corrected chi connectivity index (χ2v) is 7.98. The molecule has 1 aliphatic rings. The molecule has 2 N–H and O–H groups in total. The zero-order valence-corrected chi connectivity index (χ0v) is 15.9. The molecule has 0 bridgehead atoms. The van der Waals surface area contributed by atoms with E-state index in [1.54, 1.807) is 18.4 Å². The van der Waals surface area contributed by atoms with Crippen molar-refractivity contribution in [1.29, 1.82) is 0 Å². The molecule has 1 aromatic heterocycles. The monoisotopic (exact) mass is 390 g/mol. The van der Waals surface area contributed by atoms with Crippen molar-refractivity contribution in [3.63, 3.8) is 0 Å². The Morgan fingerprint density at radius 1 is 1.37 bits per heavy atom. The van der Waals surface area contributed by atoms with Gasteiger partial charge < -0.3 is 15.1 Å². The molecule has 1 fully saturated rings. The molecule has 2 aromatic rings. The SMILES string of the molecule is C[C@H](CCc1ccco1)NC(=O)[C@H]1CS[C@H](Cc2ccc(F)cc2)C(=O)N1. The number of carbonyl (C=O) groups excluding carboxylic acids is 2. The Morgan fingerprint density at radius 2 is 2.15 bits per heavy atom. The maximum Gasteiger partial charge on any atom is 0.243 e. The topological polar surface area (TPSA) is 71.3 Å². The van der Waals surface area contributed by atoms with Crippen LogP contribution >= 0.6 is 11.8 Å². The highest BCUT2D eigenvalue weighted by atomic mass is 32.2. The minimum absolute atomic E-state index is 0.0126. The number of carbonyl (C=O) groups is 2. The van der Waals surface area contributed by atoms with Crippen LogP contribution in [0.25, 0.3) is 0 Å². The number of nitrogens with one attached hydrogen (secondary N) is 2. The molecule has 144 valence electrons. The van der Waals surface area contributed by atoms with Gasteiger partial charge in [0.1, 0.15) is 17.6 Å². The number of aryl methyl sites for hydroxylation is 1. The zero-order chi connectivity index (χ0) is 19.2. The third kappa shape index (κ3) is 5.60. The van der Waals surface area contributed by atoms with Crippen LogP contribution in [0.5, 0.6) is 0 Å². The lowest BCUT2D eigenvalue weighted by atomic mass is 10.1. The lowest BCUT2D eigenvalue weighted by Gasteiger charge is -2.29. The first-order chi connectivity index (χ1) is 13.0. The molecule has 0 aliphatic carbocycles. The van der Waals surface area contributed by atoms with E-state index in [2.05, 4.69) is 10.6 Å². The normalized spacial score (nSPS) is 20.7. The van der Waals surface area contributed by atoms with Gasteiger partial charge in [0.25, 0.3) is 0 Å². The molecule has 0 radical (unpaired) electrons. The maximum absolute atomic E-state index is 13.0. The van der Waals surface area contributed by atoms with E-state index in [9.17, 15) is 14.0 Å². The smallest absolute Gasteiger partial charge is 0.243 e. The van der Waals surface area contributed by atoms with Crippen molar-refractivity contribution in [3.8, 4) is 0 Å². The van der Waals surface area contributed by atoms with Crippen molar-refractivity contribution < 1.29 is 18.4 Å². The van der Waals surface area contributed by atoms with Gasteiger partial charge in [-0.3, -0.25) is 9.59 Å². The Morgan fingerprint density at radius 3 is 2.81 bits per heavy atom. The van der Waals surface area contributed by atoms with Crippen LogP contribution in [-0.4, -0.2) is 34.9 Å². The Balaban J connectivity index is 1.44. The second kappa shape index (κ2) is 9.08. The summed E-state index contributed by atoms with van der Waals surface area (Å²) in [5.74, 6) is 0.801. The number of thioether (sulfide) groups is 1. The highest BCUT2D eigenvalue weighted by molar-refractivity contribution is 8.00. The molecule has 7 heteroatoms. The van der Waals surface area contributed by atoms with E-state index >= 15 is 0 Å². The molecule has 0 spiro atoms. The van der Waals surface area contributed by atoms with Crippen molar-refractivity contribution >= 4 is 23.6 Å². The first-order valence-electron chi connectivity index (χ1n) is 9.00. The van der Waals surface area contributed by atoms with Crippen LogP contribution in [-0.2, 0) is 22.4 Å². The van der Waals surface area contributed by atoms with E-state index in [-0.39, 0.29) is 28.9 Å². The van der Waals surface area contributed by atoms with Gasteiger partial charge in [0.05, 0.1) is 11.5 Å². The molecule has 2 heterocycles. The van der Waals surface area contributed by atoms with Crippen LogP contribution in [0.15, 0.2) is 47.1 Å². The number of benzene rings is 1. The van der Waals surface area contributed by atoms with Crippen LogP contribution in [0.4, 0.5) is 4.39 Å². The number of halogens is 1. The van der Waals surface area contributed by atoms with Gasteiger partial charge in [-0.1, -0.05) is 12.1 Å². The Hall–Kier alpha value is -2.28. The minimum Gasteiger partial charge on any atom is -0.469 e. The fraction of sp³-hybridized carbons (Fsp3) is 0.400. The van der Waals surface area contributed by atoms with Gasteiger partial charge >= 0.3 is 0 Å². The number of rotatable bonds is 7. The fourth-order valence-corrected chi connectivity index (χ4v) is 4.14. The highest BCUT2D eigenvalue weighted by Gasteiger charge is 2.32. The van der Waals surface area contributed by atoms with Gasteiger partial charge in [0.2, 0.25) is 11.8 Å². The Bertz CT molecular complexity index is 764. The third-order valence-corrected chi connectivity index (χ3v) is 5.83. The highest BCUT2D eigenvalue weighted by Crippen LogP contribution is 2.22. The lowest BCUT2D eigenvalue weighted by Crippen LogP contribution is -2.55. The molecule has 3 atom stereocenters. The van der Waals surface area contributed by atoms with E-state index in [1.165, 1.54) is 23.9 Å². The van der Waals surface area contributed by atoms with Crippen LogP contribution in [0, 0.1) is 5.82 Å². The third-order valence-electron chi connectivity index (χ3n) is 4.52. The number of hydrogen-bond acceptors (Lipinski definition) is 4. The zero-order valence-electron chi connectivity index (χ0n) is 15.1. The van der Waals surface area contributed by atoms with E-state index in [0.717, 1.165) is 24.2 Å². The molecule has 3 rings (SSSR count). The van der Waals surface area contributed by atoms with Crippen LogP contribution < -0.4 is 10.6 Å². The lowest BCUT2D eigenvalue weighted by molar-refractivity contribution is -0.129. The molecule has 0 saturated carbocycles. The van der Waals surface area contributed by atoms with Gasteiger partial charge in [0.15, 0.2) is 0 Å². The van der Waals surface area contributed by atoms with Crippen molar-refractivity contribution in [1.82, 2.24) is 10.6 Å². The Labute approximate surface area is 162 Å². The van der Waals surface area contributed by atoms with Crippen molar-refractivity contribution in [3.05, 3.63) is 59.8 Å². The van der Waals surface area contributed by atoms with E-state index in [4.69, 9.17) is 4.42 Å². The average molecular weight is 390 g/mol. The summed E-state index contributed by atoms with van der Waals surface area (Å²) in [4.78, 5) is 24.8. The van der Waals surface area contributed by atoms with E-state index in [0.29, 0.717) is 12.2 Å². The molecule has 1 saturated heterocycles. The Kier molecular flexibility index (Phi) is 6.55. The first kappa shape index (κ1) is 19.5. The van der Waals surface area contributed by atoms with Crippen LogP contribution in [0.3, 0.4) is 0 Å². The molecular formula is C20H23FN2O3S. The second-order valence-electron chi connectivity index (χ2n) is 6.74. The summed E-state index contributed by atoms with van der Waals surface area (Å²) < 4.78 is 18.3. The van der Waals surface area contributed by atoms with Crippen molar-refractivity contribution in [2.24, 2.45) is 0 Å². The predicted molar refractivity (Wildman–Crippen MR) is 103 cm³/mol. The summed E-state index contributed by atoms with van der Waals surface area (Å²) >= 11 is 1.46. The molecule has 2 amide bonds. The predicted octanol–water partition coefficient (Wildman–Crippen LogP) is 2.70. The van der Waals surface area contributed by atoms with Gasteiger partial charge in [0, 0.05) is 18.2 Å². The van der Waals surface area contributed by atoms with E-state index < -0.39 is 6.04 Å². The minimum atomic E-state index is -0.530. The van der Waals surface area contributed by atoms with Gasteiger partial charge in [-0.05, 0) is 49.6 Å². The van der Waals surface area contributed by atoms with E-state index in [1.807, 2.05) is 19.1 Å². The van der Waals surface area contributed by atoms with Gasteiger partial charge in [-0.15, -0.1) is 11.8 Å². The van der Waals surface area contributed by atoms with Crippen LogP contribution in [0.1, 0.15) is 24.7 Å². The molecule has 1 aromatic carbocycles.